The SMILES string of the molecule is C/C(=C\Oc1ccn(-c2ccc(Cl)cc2)n1)C(=Nc1ccccc1)Oc1ccccc1. The Balaban J connectivity index is 1.54. The van der Waals surface area contributed by atoms with Crippen LogP contribution in [0.5, 0.6) is 11.6 Å². The lowest BCUT2D eigenvalue weighted by Crippen LogP contribution is -2.11. The molecule has 3 aromatic carbocycles. The molecule has 31 heavy (non-hydrogen) atoms. The first-order chi connectivity index (χ1) is 15.2. The van der Waals surface area contributed by atoms with Crippen LogP contribution >= 0.6 is 11.6 Å². The van der Waals surface area contributed by atoms with Gasteiger partial charge in [-0.15, -0.1) is 5.10 Å². The summed E-state index contributed by atoms with van der Waals surface area (Å²) >= 11 is 5.95. The Hall–Kier alpha value is -3.83. The molecule has 0 spiro atoms. The number of benzene rings is 3. The second kappa shape index (κ2) is 9.78. The summed E-state index contributed by atoms with van der Waals surface area (Å²) in [5, 5.41) is 5.11. The second-order valence-corrected chi connectivity index (χ2v) is 7.10. The molecule has 0 radical (unpaired) electrons. The maximum atomic E-state index is 6.02. The van der Waals surface area contributed by atoms with Crippen LogP contribution in [0.15, 0.2) is 114 Å². The molecule has 0 N–H and O–H groups in total. The molecule has 5 nitrogen and oxygen atoms in total. The summed E-state index contributed by atoms with van der Waals surface area (Å²) < 4.78 is 13.5. The van der Waals surface area contributed by atoms with Crippen LogP contribution in [0.4, 0.5) is 5.69 Å². The first-order valence-electron chi connectivity index (χ1n) is 9.69. The van der Waals surface area contributed by atoms with Crippen LogP contribution in [0, 0.1) is 0 Å². The van der Waals surface area contributed by atoms with Gasteiger partial charge in [-0.05, 0) is 55.5 Å². The van der Waals surface area contributed by atoms with Crippen molar-refractivity contribution in [3.63, 3.8) is 0 Å². The number of rotatable bonds is 6. The van der Waals surface area contributed by atoms with E-state index < -0.39 is 0 Å². The zero-order valence-electron chi connectivity index (χ0n) is 16.9. The van der Waals surface area contributed by atoms with E-state index in [2.05, 4.69) is 10.1 Å². The molecule has 0 bridgehead atoms. The van der Waals surface area contributed by atoms with Crippen molar-refractivity contribution in [3.8, 4) is 17.3 Å². The van der Waals surface area contributed by atoms with E-state index in [9.17, 15) is 0 Å². The number of aliphatic imine (C=N–C) groups is 1. The Morgan fingerprint density at radius 2 is 1.58 bits per heavy atom. The van der Waals surface area contributed by atoms with Crippen molar-refractivity contribution in [2.45, 2.75) is 6.92 Å². The van der Waals surface area contributed by atoms with Crippen LogP contribution < -0.4 is 9.47 Å². The molecule has 0 aliphatic rings. The lowest BCUT2D eigenvalue weighted by Gasteiger charge is -2.09. The summed E-state index contributed by atoms with van der Waals surface area (Å²) in [7, 11) is 0. The van der Waals surface area contributed by atoms with Crippen LogP contribution in [-0.2, 0) is 0 Å². The van der Waals surface area contributed by atoms with Crippen molar-refractivity contribution in [2.75, 3.05) is 0 Å². The molecule has 1 aromatic heterocycles. The quantitative estimate of drug-likeness (QED) is 0.196. The Morgan fingerprint density at radius 3 is 2.29 bits per heavy atom. The Morgan fingerprint density at radius 1 is 0.903 bits per heavy atom. The number of aromatic nitrogens is 2. The highest BCUT2D eigenvalue weighted by Crippen LogP contribution is 2.19. The number of hydrogen-bond donors (Lipinski definition) is 0. The van der Waals surface area contributed by atoms with Crippen LogP contribution in [0.25, 0.3) is 5.69 Å². The molecule has 0 aliphatic heterocycles. The summed E-state index contributed by atoms with van der Waals surface area (Å²) in [5.41, 5.74) is 2.39. The van der Waals surface area contributed by atoms with Gasteiger partial charge in [0.1, 0.15) is 12.0 Å². The number of halogens is 1. The minimum atomic E-state index is 0.439. The summed E-state index contributed by atoms with van der Waals surface area (Å²) in [6, 6.07) is 28.3. The Bertz CT molecular complexity index is 1180. The highest BCUT2D eigenvalue weighted by molar-refractivity contribution is 6.30. The van der Waals surface area contributed by atoms with Crippen molar-refractivity contribution >= 4 is 23.2 Å². The van der Waals surface area contributed by atoms with Gasteiger partial charge >= 0.3 is 0 Å². The molecule has 0 fully saturated rings. The molecule has 4 aromatic rings. The molecule has 0 unspecified atom stereocenters. The van der Waals surface area contributed by atoms with E-state index >= 15 is 0 Å². The molecule has 6 heteroatoms. The van der Waals surface area contributed by atoms with E-state index in [0.717, 1.165) is 11.4 Å². The summed E-state index contributed by atoms with van der Waals surface area (Å²) in [6.07, 6.45) is 3.40. The number of para-hydroxylation sites is 2. The minimum Gasteiger partial charge on any atom is -0.445 e. The molecule has 0 saturated carbocycles. The van der Waals surface area contributed by atoms with Gasteiger partial charge in [-0.3, -0.25) is 0 Å². The number of ether oxygens (including phenoxy) is 2. The summed E-state index contributed by atoms with van der Waals surface area (Å²) in [4.78, 5) is 4.64. The van der Waals surface area contributed by atoms with Crippen molar-refractivity contribution in [1.82, 2.24) is 9.78 Å². The Labute approximate surface area is 185 Å². The highest BCUT2D eigenvalue weighted by atomic mass is 35.5. The Kier molecular flexibility index (Phi) is 6.45. The van der Waals surface area contributed by atoms with Gasteiger partial charge in [-0.2, -0.15) is 0 Å². The van der Waals surface area contributed by atoms with Crippen molar-refractivity contribution in [3.05, 3.63) is 114 Å². The van der Waals surface area contributed by atoms with Gasteiger partial charge in [0, 0.05) is 22.9 Å². The largest absolute Gasteiger partial charge is 0.445 e. The fourth-order valence-electron chi connectivity index (χ4n) is 2.72. The molecule has 0 saturated heterocycles. The lowest BCUT2D eigenvalue weighted by molar-refractivity contribution is 0.450. The van der Waals surface area contributed by atoms with E-state index in [4.69, 9.17) is 21.1 Å². The minimum absolute atomic E-state index is 0.439. The monoisotopic (exact) mass is 429 g/mol. The molecular weight excluding hydrogens is 410 g/mol. The van der Waals surface area contributed by atoms with Crippen LogP contribution in [0.1, 0.15) is 6.92 Å². The second-order valence-electron chi connectivity index (χ2n) is 6.66. The number of nitrogens with zero attached hydrogens (tertiary/aromatic N) is 3. The normalized spacial score (nSPS) is 11.9. The molecule has 0 atom stereocenters. The standard InChI is InChI=1S/C25H20ClN3O2/c1-19(18-30-24-16-17-29(28-24)22-14-12-20(26)13-15-22)25(27-21-8-4-2-5-9-21)31-23-10-6-3-7-11-23/h2-18H,1H3/b19-18+,27-25?. The van der Waals surface area contributed by atoms with Gasteiger partial charge in [0.25, 0.3) is 0 Å². The van der Waals surface area contributed by atoms with E-state index in [-0.39, 0.29) is 0 Å². The molecule has 0 amide bonds. The summed E-state index contributed by atoms with van der Waals surface area (Å²) in [6.45, 7) is 1.88. The third kappa shape index (κ3) is 5.62. The lowest BCUT2D eigenvalue weighted by atomic mass is 10.3. The molecule has 4 rings (SSSR count). The van der Waals surface area contributed by atoms with E-state index in [1.165, 1.54) is 0 Å². The van der Waals surface area contributed by atoms with Crippen molar-refractivity contribution in [2.24, 2.45) is 4.99 Å². The van der Waals surface area contributed by atoms with Crippen molar-refractivity contribution < 1.29 is 9.47 Å². The van der Waals surface area contributed by atoms with Crippen molar-refractivity contribution in [1.29, 1.82) is 0 Å². The average Bonchev–Trinajstić information content (AvgIpc) is 3.28. The first-order valence-corrected chi connectivity index (χ1v) is 10.1. The fourth-order valence-corrected chi connectivity index (χ4v) is 2.84. The van der Waals surface area contributed by atoms with Crippen LogP contribution in [0.3, 0.4) is 0 Å². The maximum Gasteiger partial charge on any atom is 0.238 e. The van der Waals surface area contributed by atoms with Crippen LogP contribution in [-0.4, -0.2) is 15.7 Å². The van der Waals surface area contributed by atoms with Gasteiger partial charge < -0.3 is 9.47 Å². The van der Waals surface area contributed by atoms with Gasteiger partial charge in [0.2, 0.25) is 11.8 Å². The summed E-state index contributed by atoms with van der Waals surface area (Å²) in [5.74, 6) is 1.58. The first kappa shape index (κ1) is 20.4. The molecule has 0 aliphatic carbocycles. The van der Waals surface area contributed by atoms with E-state index in [1.807, 2.05) is 98.0 Å². The van der Waals surface area contributed by atoms with Crippen LogP contribution in [0.2, 0.25) is 5.02 Å². The topological polar surface area (TPSA) is 48.6 Å². The highest BCUT2D eigenvalue weighted by Gasteiger charge is 2.08. The van der Waals surface area contributed by atoms with E-state index in [0.29, 0.717) is 28.1 Å². The van der Waals surface area contributed by atoms with E-state index in [1.54, 1.807) is 17.0 Å². The third-order valence-electron chi connectivity index (χ3n) is 4.29. The zero-order chi connectivity index (χ0) is 21.5. The number of hydrogen-bond acceptors (Lipinski definition) is 4. The molecule has 1 heterocycles. The average molecular weight is 430 g/mol. The van der Waals surface area contributed by atoms with Gasteiger partial charge in [0.15, 0.2) is 0 Å². The fraction of sp³-hybridized carbons (Fsp3) is 0.0400. The predicted molar refractivity (Wildman–Crippen MR) is 124 cm³/mol. The van der Waals surface area contributed by atoms with Gasteiger partial charge in [0.05, 0.1) is 11.4 Å². The maximum absolute atomic E-state index is 6.02. The molecule has 154 valence electrons. The smallest absolute Gasteiger partial charge is 0.238 e. The van der Waals surface area contributed by atoms with Gasteiger partial charge in [-0.1, -0.05) is 48.0 Å². The predicted octanol–water partition coefficient (Wildman–Crippen LogP) is 6.62. The third-order valence-corrected chi connectivity index (χ3v) is 4.55. The molecular formula is C25H20ClN3O2. The van der Waals surface area contributed by atoms with Gasteiger partial charge in [-0.25, -0.2) is 9.67 Å². The zero-order valence-corrected chi connectivity index (χ0v) is 17.6.